The van der Waals surface area contributed by atoms with Gasteiger partial charge in [-0.25, -0.2) is 9.97 Å². The monoisotopic (exact) mass is 292 g/mol. The number of aliphatic hydroxyl groups is 1. The van der Waals surface area contributed by atoms with Gasteiger partial charge in [0, 0.05) is 17.1 Å². The molecule has 1 aromatic carbocycles. The van der Waals surface area contributed by atoms with Crippen molar-refractivity contribution in [1.29, 1.82) is 0 Å². The molecule has 1 heterocycles. The van der Waals surface area contributed by atoms with Crippen LogP contribution in [0.15, 0.2) is 41.0 Å². The van der Waals surface area contributed by atoms with Crippen LogP contribution in [0.2, 0.25) is 0 Å². The van der Waals surface area contributed by atoms with E-state index in [1.54, 1.807) is 12.3 Å². The molecule has 0 saturated heterocycles. The van der Waals surface area contributed by atoms with E-state index in [0.29, 0.717) is 17.9 Å². The number of nitrogens with zero attached hydrogens (tertiary/aromatic N) is 2. The molecule has 0 aliphatic rings. The fraction of sp³-hybridized carbons (Fsp3) is 0.231. The van der Waals surface area contributed by atoms with Crippen molar-refractivity contribution in [3.05, 3.63) is 58.1 Å². The lowest BCUT2D eigenvalue weighted by atomic mass is 10.1. The Morgan fingerprint density at radius 3 is 2.88 bits per heavy atom. The van der Waals surface area contributed by atoms with Gasteiger partial charge in [-0.05, 0) is 30.7 Å². The Balaban J connectivity index is 2.14. The Morgan fingerprint density at radius 1 is 1.35 bits per heavy atom. The molecule has 1 atom stereocenters. The van der Waals surface area contributed by atoms with Gasteiger partial charge in [-0.3, -0.25) is 0 Å². The van der Waals surface area contributed by atoms with Crippen LogP contribution in [0.25, 0.3) is 0 Å². The summed E-state index contributed by atoms with van der Waals surface area (Å²) in [5, 5.41) is 10.1. The fourth-order valence-corrected chi connectivity index (χ4v) is 2.10. The number of aliphatic hydroxyl groups excluding tert-OH is 1. The van der Waals surface area contributed by atoms with E-state index < -0.39 is 6.10 Å². The first-order valence-electron chi connectivity index (χ1n) is 5.37. The third-order valence-electron chi connectivity index (χ3n) is 2.46. The Kier molecular flexibility index (Phi) is 3.86. The second-order valence-corrected chi connectivity index (χ2v) is 4.79. The van der Waals surface area contributed by atoms with E-state index in [0.717, 1.165) is 10.0 Å². The van der Waals surface area contributed by atoms with Crippen LogP contribution >= 0.6 is 15.9 Å². The first-order chi connectivity index (χ1) is 8.15. The molecule has 2 aromatic rings. The largest absolute Gasteiger partial charge is 0.386 e. The molecule has 1 unspecified atom stereocenters. The van der Waals surface area contributed by atoms with Crippen molar-refractivity contribution in [2.75, 3.05) is 0 Å². The van der Waals surface area contributed by atoms with Gasteiger partial charge in [0.2, 0.25) is 0 Å². The van der Waals surface area contributed by atoms with E-state index in [1.165, 1.54) is 0 Å². The SMILES string of the molecule is Cc1nccc(C(O)Cc2cccc(Br)c2)n1. The van der Waals surface area contributed by atoms with Gasteiger partial charge in [-0.15, -0.1) is 0 Å². The predicted octanol–water partition coefficient (Wildman–Crippen LogP) is 2.82. The highest BCUT2D eigenvalue weighted by Gasteiger charge is 2.10. The molecular weight excluding hydrogens is 280 g/mol. The van der Waals surface area contributed by atoms with Crippen LogP contribution in [0.4, 0.5) is 0 Å². The number of aryl methyl sites for hydroxylation is 1. The standard InChI is InChI=1S/C13H13BrN2O/c1-9-15-6-5-12(16-9)13(17)8-10-3-2-4-11(14)7-10/h2-7,13,17H,8H2,1H3. The maximum Gasteiger partial charge on any atom is 0.125 e. The summed E-state index contributed by atoms with van der Waals surface area (Å²) in [4.78, 5) is 8.23. The van der Waals surface area contributed by atoms with Crippen molar-refractivity contribution < 1.29 is 5.11 Å². The molecule has 0 spiro atoms. The smallest absolute Gasteiger partial charge is 0.125 e. The Morgan fingerprint density at radius 2 is 2.18 bits per heavy atom. The number of benzene rings is 1. The molecule has 0 bridgehead atoms. The minimum atomic E-state index is -0.592. The molecule has 17 heavy (non-hydrogen) atoms. The Hall–Kier alpha value is -1.26. The molecule has 1 N–H and O–H groups in total. The summed E-state index contributed by atoms with van der Waals surface area (Å²) < 4.78 is 1.01. The molecule has 0 fully saturated rings. The van der Waals surface area contributed by atoms with Crippen molar-refractivity contribution in [2.45, 2.75) is 19.4 Å². The maximum atomic E-state index is 10.1. The third-order valence-corrected chi connectivity index (χ3v) is 2.95. The molecule has 88 valence electrons. The van der Waals surface area contributed by atoms with Gasteiger partial charge in [0.05, 0.1) is 5.69 Å². The van der Waals surface area contributed by atoms with E-state index in [2.05, 4.69) is 25.9 Å². The fourth-order valence-electron chi connectivity index (χ4n) is 1.65. The van der Waals surface area contributed by atoms with Crippen LogP contribution < -0.4 is 0 Å². The van der Waals surface area contributed by atoms with Crippen LogP contribution in [-0.4, -0.2) is 15.1 Å². The van der Waals surface area contributed by atoms with Gasteiger partial charge in [-0.1, -0.05) is 28.1 Å². The minimum absolute atomic E-state index is 0.551. The quantitative estimate of drug-likeness (QED) is 0.946. The number of halogens is 1. The lowest BCUT2D eigenvalue weighted by Crippen LogP contribution is -2.05. The highest BCUT2D eigenvalue weighted by molar-refractivity contribution is 9.10. The second-order valence-electron chi connectivity index (χ2n) is 3.88. The molecule has 0 saturated carbocycles. The highest BCUT2D eigenvalue weighted by Crippen LogP contribution is 2.19. The summed E-state index contributed by atoms with van der Waals surface area (Å²) in [6.07, 6.45) is 1.63. The average Bonchev–Trinajstić information content (AvgIpc) is 2.29. The average molecular weight is 293 g/mol. The van der Waals surface area contributed by atoms with Gasteiger partial charge in [0.1, 0.15) is 11.9 Å². The molecular formula is C13H13BrN2O. The summed E-state index contributed by atoms with van der Waals surface area (Å²) >= 11 is 3.41. The van der Waals surface area contributed by atoms with Crippen molar-refractivity contribution >= 4 is 15.9 Å². The summed E-state index contributed by atoms with van der Waals surface area (Å²) in [5.74, 6) is 0.677. The van der Waals surface area contributed by atoms with Crippen LogP contribution in [0.3, 0.4) is 0 Å². The lowest BCUT2D eigenvalue weighted by Gasteiger charge is -2.10. The molecule has 0 aliphatic carbocycles. The Labute approximate surface area is 109 Å². The van der Waals surface area contributed by atoms with E-state index in [-0.39, 0.29) is 0 Å². The van der Waals surface area contributed by atoms with Gasteiger partial charge < -0.3 is 5.11 Å². The van der Waals surface area contributed by atoms with Crippen LogP contribution in [-0.2, 0) is 6.42 Å². The molecule has 0 amide bonds. The van der Waals surface area contributed by atoms with Crippen molar-refractivity contribution in [3.8, 4) is 0 Å². The summed E-state index contributed by atoms with van der Waals surface area (Å²) in [7, 11) is 0. The topological polar surface area (TPSA) is 46.0 Å². The zero-order valence-corrected chi connectivity index (χ0v) is 11.1. The Bertz CT molecular complexity index is 516. The zero-order valence-electron chi connectivity index (χ0n) is 9.47. The van der Waals surface area contributed by atoms with E-state index in [4.69, 9.17) is 0 Å². The predicted molar refractivity (Wildman–Crippen MR) is 69.6 cm³/mol. The number of hydrogen-bond acceptors (Lipinski definition) is 3. The van der Waals surface area contributed by atoms with Crippen LogP contribution in [0, 0.1) is 6.92 Å². The number of aromatic nitrogens is 2. The third kappa shape index (κ3) is 3.35. The lowest BCUT2D eigenvalue weighted by molar-refractivity contribution is 0.173. The van der Waals surface area contributed by atoms with E-state index in [1.807, 2.05) is 31.2 Å². The second kappa shape index (κ2) is 5.38. The minimum Gasteiger partial charge on any atom is -0.386 e. The van der Waals surface area contributed by atoms with Gasteiger partial charge in [-0.2, -0.15) is 0 Å². The first-order valence-corrected chi connectivity index (χ1v) is 6.16. The van der Waals surface area contributed by atoms with Gasteiger partial charge in [0.15, 0.2) is 0 Å². The molecule has 1 aromatic heterocycles. The van der Waals surface area contributed by atoms with Crippen molar-refractivity contribution in [3.63, 3.8) is 0 Å². The van der Waals surface area contributed by atoms with Crippen molar-refractivity contribution in [2.24, 2.45) is 0 Å². The molecule has 2 rings (SSSR count). The van der Waals surface area contributed by atoms with E-state index >= 15 is 0 Å². The first kappa shape index (κ1) is 12.2. The van der Waals surface area contributed by atoms with Gasteiger partial charge >= 0.3 is 0 Å². The molecule has 4 heteroatoms. The maximum absolute atomic E-state index is 10.1. The number of rotatable bonds is 3. The van der Waals surface area contributed by atoms with E-state index in [9.17, 15) is 5.11 Å². The molecule has 3 nitrogen and oxygen atoms in total. The van der Waals surface area contributed by atoms with Crippen LogP contribution in [0.5, 0.6) is 0 Å². The summed E-state index contributed by atoms with van der Waals surface area (Å²) in [6, 6.07) is 9.65. The highest BCUT2D eigenvalue weighted by atomic mass is 79.9. The van der Waals surface area contributed by atoms with Crippen molar-refractivity contribution in [1.82, 2.24) is 9.97 Å². The summed E-state index contributed by atoms with van der Waals surface area (Å²) in [5.41, 5.74) is 1.74. The summed E-state index contributed by atoms with van der Waals surface area (Å²) in [6.45, 7) is 1.81. The molecule has 0 aliphatic heterocycles. The van der Waals surface area contributed by atoms with Gasteiger partial charge in [0.25, 0.3) is 0 Å². The normalized spacial score (nSPS) is 12.4. The zero-order chi connectivity index (χ0) is 12.3. The van der Waals surface area contributed by atoms with Crippen LogP contribution in [0.1, 0.15) is 23.2 Å². The molecule has 0 radical (unpaired) electrons. The number of hydrogen-bond donors (Lipinski definition) is 1.